The molecule has 3 nitrogen and oxygen atoms in total. The van der Waals surface area contributed by atoms with Gasteiger partial charge in [0.1, 0.15) is 6.17 Å². The van der Waals surface area contributed by atoms with E-state index in [1.54, 1.807) is 0 Å². The highest BCUT2D eigenvalue weighted by Crippen LogP contribution is 2.35. The number of carbonyl (C=O) groups excluding carboxylic acids is 1. The van der Waals surface area contributed by atoms with Crippen LogP contribution in [0.5, 0.6) is 0 Å². The third kappa shape index (κ3) is 2.71. The standard InChI is InChI=1S/C18H26N2O/c1-12-8-9-13(2)15(10-12)18-19-11-17(21)20(18)16-7-5-4-6-14(16)3/h8-10,14,16,18-19H,4-7,11H2,1-3H3. The molecule has 1 aliphatic carbocycles. The predicted molar refractivity (Wildman–Crippen MR) is 84.9 cm³/mol. The Morgan fingerprint density at radius 2 is 1.95 bits per heavy atom. The second-order valence-corrected chi connectivity index (χ2v) is 6.77. The molecule has 1 N–H and O–H groups in total. The van der Waals surface area contributed by atoms with Crippen LogP contribution in [0.3, 0.4) is 0 Å². The summed E-state index contributed by atoms with van der Waals surface area (Å²) < 4.78 is 0. The van der Waals surface area contributed by atoms with Crippen LogP contribution in [0.15, 0.2) is 18.2 Å². The Bertz CT molecular complexity index is 540. The van der Waals surface area contributed by atoms with Crippen molar-refractivity contribution in [1.29, 1.82) is 0 Å². The molecule has 1 aromatic rings. The van der Waals surface area contributed by atoms with E-state index in [9.17, 15) is 4.79 Å². The lowest BCUT2D eigenvalue weighted by Gasteiger charge is -2.39. The summed E-state index contributed by atoms with van der Waals surface area (Å²) in [6.07, 6.45) is 5.01. The predicted octanol–water partition coefficient (Wildman–Crippen LogP) is 3.31. The molecule has 2 aliphatic rings. The third-order valence-corrected chi connectivity index (χ3v) is 5.17. The van der Waals surface area contributed by atoms with E-state index in [2.05, 4.69) is 49.2 Å². The van der Waals surface area contributed by atoms with E-state index < -0.39 is 0 Å². The number of hydrogen-bond donors (Lipinski definition) is 1. The maximum Gasteiger partial charge on any atom is 0.238 e. The molecule has 0 aromatic heterocycles. The van der Waals surface area contributed by atoms with Gasteiger partial charge in [0.2, 0.25) is 5.91 Å². The Hall–Kier alpha value is -1.35. The number of rotatable bonds is 2. The van der Waals surface area contributed by atoms with Gasteiger partial charge in [-0.15, -0.1) is 0 Å². The zero-order chi connectivity index (χ0) is 15.0. The van der Waals surface area contributed by atoms with Crippen molar-refractivity contribution >= 4 is 5.91 Å². The van der Waals surface area contributed by atoms with Gasteiger partial charge in [0.15, 0.2) is 0 Å². The van der Waals surface area contributed by atoms with Gasteiger partial charge in [-0.25, -0.2) is 0 Å². The minimum absolute atomic E-state index is 0.0583. The first-order valence-electron chi connectivity index (χ1n) is 8.19. The number of carbonyl (C=O) groups is 1. The second kappa shape index (κ2) is 5.80. The van der Waals surface area contributed by atoms with Crippen LogP contribution >= 0.6 is 0 Å². The molecule has 2 fully saturated rings. The lowest BCUT2D eigenvalue weighted by molar-refractivity contribution is -0.132. The molecule has 3 atom stereocenters. The lowest BCUT2D eigenvalue weighted by Crippen LogP contribution is -2.44. The Morgan fingerprint density at radius 3 is 2.71 bits per heavy atom. The van der Waals surface area contributed by atoms with Gasteiger partial charge < -0.3 is 4.90 Å². The minimum Gasteiger partial charge on any atom is -0.319 e. The molecule has 3 rings (SSSR count). The van der Waals surface area contributed by atoms with Crippen LogP contribution in [0.25, 0.3) is 0 Å². The molecule has 1 heterocycles. The summed E-state index contributed by atoms with van der Waals surface area (Å²) in [5.74, 6) is 0.870. The first-order valence-corrected chi connectivity index (χ1v) is 8.19. The first-order chi connectivity index (χ1) is 10.1. The number of amides is 1. The van der Waals surface area contributed by atoms with E-state index in [0.29, 0.717) is 18.5 Å². The molecule has 114 valence electrons. The fourth-order valence-corrected chi connectivity index (χ4v) is 3.92. The van der Waals surface area contributed by atoms with Crippen LogP contribution in [0, 0.1) is 19.8 Å². The van der Waals surface area contributed by atoms with Crippen LogP contribution in [-0.4, -0.2) is 23.4 Å². The molecule has 0 radical (unpaired) electrons. The van der Waals surface area contributed by atoms with Gasteiger partial charge >= 0.3 is 0 Å². The summed E-state index contributed by atoms with van der Waals surface area (Å²) in [5.41, 5.74) is 3.79. The average molecular weight is 286 g/mol. The maximum absolute atomic E-state index is 12.5. The topological polar surface area (TPSA) is 32.3 Å². The van der Waals surface area contributed by atoms with Crippen LogP contribution in [0.1, 0.15) is 55.5 Å². The molecule has 1 aromatic carbocycles. The molecule has 1 amide bonds. The van der Waals surface area contributed by atoms with Gasteiger partial charge in [-0.1, -0.05) is 43.5 Å². The van der Waals surface area contributed by atoms with Crippen LogP contribution in [0.2, 0.25) is 0 Å². The monoisotopic (exact) mass is 286 g/mol. The molecule has 3 unspecified atom stereocenters. The molecule has 21 heavy (non-hydrogen) atoms. The Labute approximate surface area is 127 Å². The Balaban J connectivity index is 1.93. The smallest absolute Gasteiger partial charge is 0.238 e. The van der Waals surface area contributed by atoms with Crippen molar-refractivity contribution in [2.75, 3.05) is 6.54 Å². The highest BCUT2D eigenvalue weighted by Gasteiger charge is 2.40. The lowest BCUT2D eigenvalue weighted by atomic mass is 9.84. The summed E-state index contributed by atoms with van der Waals surface area (Å²) in [4.78, 5) is 14.6. The quantitative estimate of drug-likeness (QED) is 0.904. The van der Waals surface area contributed by atoms with Gasteiger partial charge in [0.25, 0.3) is 0 Å². The molecule has 0 bridgehead atoms. The number of aryl methyl sites for hydroxylation is 2. The Morgan fingerprint density at radius 1 is 1.19 bits per heavy atom. The maximum atomic E-state index is 12.5. The van der Waals surface area contributed by atoms with E-state index in [1.807, 2.05) is 0 Å². The highest BCUT2D eigenvalue weighted by atomic mass is 16.2. The van der Waals surface area contributed by atoms with Crippen molar-refractivity contribution in [2.24, 2.45) is 5.92 Å². The molecule has 3 heteroatoms. The Kier molecular flexibility index (Phi) is 4.03. The minimum atomic E-state index is 0.0583. The van der Waals surface area contributed by atoms with Crippen molar-refractivity contribution < 1.29 is 4.79 Å². The van der Waals surface area contributed by atoms with Gasteiger partial charge in [-0.05, 0) is 43.7 Å². The fourth-order valence-electron chi connectivity index (χ4n) is 3.92. The van der Waals surface area contributed by atoms with Crippen LogP contribution < -0.4 is 5.32 Å². The summed E-state index contributed by atoms with van der Waals surface area (Å²) >= 11 is 0. The molecule has 1 saturated heterocycles. The van der Waals surface area contributed by atoms with Crippen molar-refractivity contribution in [3.63, 3.8) is 0 Å². The van der Waals surface area contributed by atoms with E-state index in [0.717, 1.165) is 6.42 Å². The first kappa shape index (κ1) is 14.6. The summed E-state index contributed by atoms with van der Waals surface area (Å²) in [7, 11) is 0. The van der Waals surface area contributed by atoms with Crippen LogP contribution in [0.4, 0.5) is 0 Å². The average Bonchev–Trinajstić information content (AvgIpc) is 2.84. The molecular formula is C18H26N2O. The van der Waals surface area contributed by atoms with Gasteiger partial charge in [0, 0.05) is 6.04 Å². The van der Waals surface area contributed by atoms with Gasteiger partial charge in [-0.2, -0.15) is 0 Å². The molecule has 0 spiro atoms. The summed E-state index contributed by atoms with van der Waals surface area (Å²) in [6.45, 7) is 7.03. The van der Waals surface area contributed by atoms with Crippen molar-refractivity contribution in [2.45, 2.75) is 58.7 Å². The van der Waals surface area contributed by atoms with Gasteiger partial charge in [-0.3, -0.25) is 10.1 Å². The van der Waals surface area contributed by atoms with Crippen molar-refractivity contribution in [1.82, 2.24) is 10.2 Å². The highest BCUT2D eigenvalue weighted by molar-refractivity contribution is 5.81. The second-order valence-electron chi connectivity index (χ2n) is 6.77. The van der Waals surface area contributed by atoms with Crippen LogP contribution in [-0.2, 0) is 4.79 Å². The van der Waals surface area contributed by atoms with Crippen molar-refractivity contribution in [3.8, 4) is 0 Å². The number of hydrogen-bond acceptors (Lipinski definition) is 2. The number of benzene rings is 1. The fraction of sp³-hybridized carbons (Fsp3) is 0.611. The normalized spacial score (nSPS) is 30.0. The van der Waals surface area contributed by atoms with E-state index in [1.165, 1.54) is 36.0 Å². The zero-order valence-corrected chi connectivity index (χ0v) is 13.4. The molecule has 1 saturated carbocycles. The van der Waals surface area contributed by atoms with E-state index >= 15 is 0 Å². The van der Waals surface area contributed by atoms with E-state index in [4.69, 9.17) is 0 Å². The van der Waals surface area contributed by atoms with E-state index in [-0.39, 0.29) is 12.1 Å². The molecular weight excluding hydrogens is 260 g/mol. The van der Waals surface area contributed by atoms with Crippen molar-refractivity contribution in [3.05, 3.63) is 34.9 Å². The molecule has 1 aliphatic heterocycles. The number of nitrogens with zero attached hydrogens (tertiary/aromatic N) is 1. The zero-order valence-electron chi connectivity index (χ0n) is 13.4. The summed E-state index contributed by atoms with van der Waals surface area (Å²) in [5, 5.41) is 3.44. The summed E-state index contributed by atoms with van der Waals surface area (Å²) in [6, 6.07) is 6.93. The SMILES string of the molecule is Cc1ccc(C)c(C2NCC(=O)N2C2CCCCC2C)c1. The van der Waals surface area contributed by atoms with Gasteiger partial charge in [0.05, 0.1) is 6.54 Å². The third-order valence-electron chi connectivity index (χ3n) is 5.17. The largest absolute Gasteiger partial charge is 0.319 e. The number of nitrogens with one attached hydrogen (secondary N) is 1.